The number of rotatable bonds is 5. The van der Waals surface area contributed by atoms with Gasteiger partial charge in [-0.25, -0.2) is 9.07 Å². The number of fused-ring (bicyclic) bond motifs is 1. The normalized spacial score (nSPS) is 10.7. The lowest BCUT2D eigenvalue weighted by molar-refractivity contribution is -0.117. The summed E-state index contributed by atoms with van der Waals surface area (Å²) in [6, 6.07) is 14.4. The minimum absolute atomic E-state index is 0.197. The van der Waals surface area contributed by atoms with Crippen LogP contribution in [0.3, 0.4) is 0 Å². The number of halogens is 1. The zero-order chi connectivity index (χ0) is 21.1. The van der Waals surface area contributed by atoms with Crippen LogP contribution in [0.1, 0.15) is 5.69 Å². The van der Waals surface area contributed by atoms with Crippen LogP contribution in [-0.2, 0) is 11.3 Å². The second kappa shape index (κ2) is 8.12. The average molecular weight is 403 g/mol. The van der Waals surface area contributed by atoms with Crippen molar-refractivity contribution in [3.63, 3.8) is 0 Å². The Morgan fingerprint density at radius 1 is 1.00 bits per heavy atom. The highest BCUT2D eigenvalue weighted by Gasteiger charge is 2.11. The highest BCUT2D eigenvalue weighted by atomic mass is 19.1. The van der Waals surface area contributed by atoms with Gasteiger partial charge in [0.1, 0.15) is 12.4 Å². The zero-order valence-corrected chi connectivity index (χ0v) is 16.1. The number of anilines is 3. The van der Waals surface area contributed by atoms with Crippen LogP contribution in [0.15, 0.2) is 71.8 Å². The molecule has 2 aromatic heterocycles. The number of aryl methyl sites for hydroxylation is 1. The molecule has 30 heavy (non-hydrogen) atoms. The third-order valence-corrected chi connectivity index (χ3v) is 4.51. The number of aromatic nitrogens is 3. The van der Waals surface area contributed by atoms with Gasteiger partial charge in [0.15, 0.2) is 0 Å². The van der Waals surface area contributed by atoms with Crippen molar-refractivity contribution in [2.75, 3.05) is 10.6 Å². The van der Waals surface area contributed by atoms with E-state index >= 15 is 0 Å². The Kier molecular flexibility index (Phi) is 5.21. The summed E-state index contributed by atoms with van der Waals surface area (Å²) in [6.45, 7) is 1.55. The average Bonchev–Trinajstić information content (AvgIpc) is 2.74. The van der Waals surface area contributed by atoms with E-state index in [1.54, 1.807) is 43.6 Å². The van der Waals surface area contributed by atoms with Gasteiger partial charge >= 0.3 is 0 Å². The van der Waals surface area contributed by atoms with Crippen LogP contribution in [0.5, 0.6) is 0 Å². The van der Waals surface area contributed by atoms with Crippen LogP contribution in [-0.4, -0.2) is 20.7 Å². The molecule has 2 N–H and O–H groups in total. The number of hydrogen-bond acceptors (Lipinski definition) is 5. The second-order valence-electron chi connectivity index (χ2n) is 6.73. The van der Waals surface area contributed by atoms with Crippen LogP contribution in [0.25, 0.3) is 10.8 Å². The quantitative estimate of drug-likeness (QED) is 0.531. The fourth-order valence-electron chi connectivity index (χ4n) is 3.09. The van der Waals surface area contributed by atoms with Crippen LogP contribution >= 0.6 is 0 Å². The van der Waals surface area contributed by atoms with Crippen molar-refractivity contribution in [1.82, 2.24) is 14.8 Å². The predicted molar refractivity (Wildman–Crippen MR) is 113 cm³/mol. The van der Waals surface area contributed by atoms with E-state index < -0.39 is 0 Å². The van der Waals surface area contributed by atoms with Gasteiger partial charge in [-0.15, -0.1) is 0 Å². The molecule has 0 saturated carbocycles. The van der Waals surface area contributed by atoms with Crippen LogP contribution in [0.4, 0.5) is 21.5 Å². The van der Waals surface area contributed by atoms with Crippen molar-refractivity contribution in [3.05, 3.63) is 88.9 Å². The largest absolute Gasteiger partial charge is 0.355 e. The lowest BCUT2D eigenvalue weighted by Gasteiger charge is -2.14. The fraction of sp³-hybridized carbons (Fsp3) is 0.0909. The topological polar surface area (TPSA) is 88.9 Å². The highest BCUT2D eigenvalue weighted by Crippen LogP contribution is 2.31. The van der Waals surface area contributed by atoms with E-state index in [2.05, 4.69) is 20.7 Å². The van der Waals surface area contributed by atoms with E-state index in [9.17, 15) is 14.0 Å². The summed E-state index contributed by atoms with van der Waals surface area (Å²) in [4.78, 5) is 28.6. The number of pyridine rings is 1. The van der Waals surface area contributed by atoms with Crippen molar-refractivity contribution in [1.29, 1.82) is 0 Å². The number of carbonyl (C=O) groups is 1. The first-order valence-electron chi connectivity index (χ1n) is 9.23. The van der Waals surface area contributed by atoms with Gasteiger partial charge in [-0.2, -0.15) is 5.10 Å². The van der Waals surface area contributed by atoms with Crippen LogP contribution < -0.4 is 16.2 Å². The molecule has 2 heterocycles. The van der Waals surface area contributed by atoms with Gasteiger partial charge in [0.05, 0.1) is 11.4 Å². The molecule has 150 valence electrons. The molecule has 7 nitrogen and oxygen atoms in total. The molecule has 8 heteroatoms. The number of nitrogens with zero attached hydrogens (tertiary/aromatic N) is 3. The summed E-state index contributed by atoms with van der Waals surface area (Å²) in [6.07, 6.45) is 3.30. The summed E-state index contributed by atoms with van der Waals surface area (Å²) in [5.74, 6) is -0.686. The van der Waals surface area contributed by atoms with Gasteiger partial charge < -0.3 is 10.6 Å². The number of hydrogen-bond donors (Lipinski definition) is 2. The van der Waals surface area contributed by atoms with Crippen molar-refractivity contribution in [3.8, 4) is 0 Å². The van der Waals surface area contributed by atoms with Gasteiger partial charge in [0.2, 0.25) is 5.91 Å². The summed E-state index contributed by atoms with van der Waals surface area (Å²) < 4.78 is 14.3. The van der Waals surface area contributed by atoms with E-state index in [1.165, 1.54) is 18.2 Å². The standard InChI is InChI=1S/C22H18FN5O2/c1-14-2-9-22(30)28(27-14)13-21(29)26-20-8-7-19(17-10-11-24-12-18(17)20)25-16-5-3-15(23)4-6-16/h2-12,25H,13H2,1H3,(H,26,29). The molecule has 0 fully saturated rings. The van der Waals surface area contributed by atoms with Gasteiger partial charge in [0, 0.05) is 40.6 Å². The molecular formula is C22H18FN5O2. The SMILES string of the molecule is Cc1ccc(=O)n(CC(=O)Nc2ccc(Nc3ccc(F)cc3)c3ccncc23)n1. The van der Waals surface area contributed by atoms with Crippen LogP contribution in [0, 0.1) is 12.7 Å². The molecule has 0 atom stereocenters. The summed E-state index contributed by atoms with van der Waals surface area (Å²) in [5, 5.41) is 11.7. The number of amides is 1. The third kappa shape index (κ3) is 4.17. The Labute approximate surface area is 171 Å². The van der Waals surface area contributed by atoms with E-state index in [4.69, 9.17) is 0 Å². The molecule has 0 bridgehead atoms. The lowest BCUT2D eigenvalue weighted by Crippen LogP contribution is -2.29. The molecule has 4 aromatic rings. The Morgan fingerprint density at radius 3 is 2.57 bits per heavy atom. The monoisotopic (exact) mass is 403 g/mol. The smallest absolute Gasteiger partial charge is 0.267 e. The van der Waals surface area contributed by atoms with E-state index in [1.807, 2.05) is 12.1 Å². The highest BCUT2D eigenvalue weighted by molar-refractivity contribution is 6.06. The predicted octanol–water partition coefficient (Wildman–Crippen LogP) is 3.62. The lowest BCUT2D eigenvalue weighted by atomic mass is 10.1. The number of nitrogens with one attached hydrogen (secondary N) is 2. The molecule has 0 aliphatic carbocycles. The maximum atomic E-state index is 13.2. The Bertz CT molecular complexity index is 1280. The minimum Gasteiger partial charge on any atom is -0.355 e. The molecule has 0 aliphatic heterocycles. The van der Waals surface area contributed by atoms with Crippen molar-refractivity contribution >= 4 is 33.7 Å². The number of carbonyl (C=O) groups excluding carboxylic acids is 1. The second-order valence-corrected chi connectivity index (χ2v) is 6.73. The molecular weight excluding hydrogens is 385 g/mol. The fourth-order valence-corrected chi connectivity index (χ4v) is 3.09. The van der Waals surface area contributed by atoms with E-state index in [0.29, 0.717) is 11.4 Å². The van der Waals surface area contributed by atoms with E-state index in [-0.39, 0.29) is 23.8 Å². The first-order valence-corrected chi connectivity index (χ1v) is 9.23. The Balaban J connectivity index is 1.60. The van der Waals surface area contributed by atoms with Gasteiger partial charge in [-0.05, 0) is 55.5 Å². The van der Waals surface area contributed by atoms with Gasteiger partial charge in [-0.1, -0.05) is 0 Å². The molecule has 1 amide bonds. The van der Waals surface area contributed by atoms with Crippen molar-refractivity contribution in [2.24, 2.45) is 0 Å². The maximum absolute atomic E-state index is 13.2. The Hall–Kier alpha value is -4.07. The number of benzene rings is 2. The summed E-state index contributed by atoms with van der Waals surface area (Å²) in [5.41, 5.74) is 2.38. The molecule has 0 saturated heterocycles. The minimum atomic E-state index is -0.375. The van der Waals surface area contributed by atoms with Crippen LogP contribution in [0.2, 0.25) is 0 Å². The molecule has 2 aromatic carbocycles. The molecule has 0 unspecified atom stereocenters. The zero-order valence-electron chi connectivity index (χ0n) is 16.1. The molecule has 0 radical (unpaired) electrons. The molecule has 4 rings (SSSR count). The summed E-state index contributed by atoms with van der Waals surface area (Å²) in [7, 11) is 0. The first kappa shape index (κ1) is 19.3. The van der Waals surface area contributed by atoms with Gasteiger partial charge in [-0.3, -0.25) is 14.6 Å². The third-order valence-electron chi connectivity index (χ3n) is 4.51. The molecule has 0 spiro atoms. The van der Waals surface area contributed by atoms with Gasteiger partial charge in [0.25, 0.3) is 5.56 Å². The first-order chi connectivity index (χ1) is 14.5. The van der Waals surface area contributed by atoms with E-state index in [0.717, 1.165) is 26.8 Å². The molecule has 0 aliphatic rings. The summed E-state index contributed by atoms with van der Waals surface area (Å²) >= 11 is 0. The van der Waals surface area contributed by atoms with Crippen molar-refractivity contribution in [2.45, 2.75) is 13.5 Å². The maximum Gasteiger partial charge on any atom is 0.267 e. The Morgan fingerprint density at radius 2 is 1.77 bits per heavy atom. The van der Waals surface area contributed by atoms with Crippen molar-refractivity contribution < 1.29 is 9.18 Å².